The molecule has 0 fully saturated rings. The van der Waals surface area contributed by atoms with Crippen LogP contribution in [0.15, 0.2) is 42.5 Å². The Balaban J connectivity index is 1.71. The molecule has 1 aromatic heterocycles. The van der Waals surface area contributed by atoms with E-state index in [2.05, 4.69) is 28.7 Å². The second-order valence-corrected chi connectivity index (χ2v) is 6.12. The van der Waals surface area contributed by atoms with E-state index in [0.717, 1.165) is 29.0 Å². The van der Waals surface area contributed by atoms with Crippen molar-refractivity contribution in [1.29, 1.82) is 0 Å². The maximum atomic E-state index is 13.2. The molecule has 1 N–H and O–H groups in total. The summed E-state index contributed by atoms with van der Waals surface area (Å²) in [6.07, 6.45) is 0.544. The van der Waals surface area contributed by atoms with Crippen LogP contribution in [0.25, 0.3) is 11.0 Å². The average Bonchev–Trinajstić information content (AvgIpc) is 2.95. The Kier molecular flexibility index (Phi) is 4.79. The van der Waals surface area contributed by atoms with Gasteiger partial charge in [-0.2, -0.15) is 0 Å². The van der Waals surface area contributed by atoms with E-state index in [-0.39, 0.29) is 11.6 Å². The molecular formula is C19H19F2N3O. The summed E-state index contributed by atoms with van der Waals surface area (Å²) < 4.78 is 28.3. The smallest absolute Gasteiger partial charge is 0.251 e. The molecule has 0 saturated heterocycles. The molecule has 0 unspecified atom stereocenters. The van der Waals surface area contributed by atoms with Gasteiger partial charge in [0.2, 0.25) is 0 Å². The van der Waals surface area contributed by atoms with E-state index < -0.39 is 17.5 Å². The predicted molar refractivity (Wildman–Crippen MR) is 92.5 cm³/mol. The zero-order chi connectivity index (χ0) is 18.0. The molecule has 3 aromatic rings. The first-order valence-electron chi connectivity index (χ1n) is 8.16. The van der Waals surface area contributed by atoms with Crippen LogP contribution < -0.4 is 5.32 Å². The van der Waals surface area contributed by atoms with E-state index >= 15 is 0 Å². The number of imidazole rings is 1. The number of hydrogen-bond acceptors (Lipinski definition) is 2. The normalized spacial score (nSPS) is 11.2. The molecule has 0 spiro atoms. The third-order valence-corrected chi connectivity index (χ3v) is 4.00. The molecule has 0 aliphatic heterocycles. The number of nitrogens with zero attached hydrogens (tertiary/aromatic N) is 2. The van der Waals surface area contributed by atoms with Crippen molar-refractivity contribution in [1.82, 2.24) is 14.9 Å². The lowest BCUT2D eigenvalue weighted by Gasteiger charge is -2.13. The molecule has 0 bridgehead atoms. The Bertz CT molecular complexity index is 918. The molecule has 1 heterocycles. The van der Waals surface area contributed by atoms with Crippen molar-refractivity contribution in [2.24, 2.45) is 0 Å². The third-order valence-electron chi connectivity index (χ3n) is 4.00. The number of carbonyl (C=O) groups is 1. The van der Waals surface area contributed by atoms with Crippen LogP contribution in [0, 0.1) is 11.6 Å². The summed E-state index contributed by atoms with van der Waals surface area (Å²) >= 11 is 0. The molecule has 3 rings (SSSR count). The number of carbonyl (C=O) groups excluding carboxylic acids is 1. The summed E-state index contributed by atoms with van der Waals surface area (Å²) in [6, 6.07) is 11.2. The number of amides is 1. The van der Waals surface area contributed by atoms with Crippen molar-refractivity contribution in [3.05, 3.63) is 65.5 Å². The zero-order valence-corrected chi connectivity index (χ0v) is 14.1. The van der Waals surface area contributed by atoms with Gasteiger partial charge in [-0.3, -0.25) is 4.79 Å². The minimum absolute atomic E-state index is 0.0938. The minimum Gasteiger partial charge on any atom is -0.352 e. The van der Waals surface area contributed by atoms with E-state index in [0.29, 0.717) is 13.0 Å². The van der Waals surface area contributed by atoms with Crippen LogP contribution in [0.3, 0.4) is 0 Å². The quantitative estimate of drug-likeness (QED) is 0.764. The summed E-state index contributed by atoms with van der Waals surface area (Å²) in [5, 5.41) is 2.72. The van der Waals surface area contributed by atoms with Crippen molar-refractivity contribution in [2.75, 3.05) is 6.54 Å². The maximum Gasteiger partial charge on any atom is 0.251 e. The van der Waals surface area contributed by atoms with Gasteiger partial charge in [-0.05, 0) is 44.2 Å². The van der Waals surface area contributed by atoms with Gasteiger partial charge < -0.3 is 9.88 Å². The molecule has 2 aromatic carbocycles. The molecule has 0 saturated carbocycles. The highest BCUT2D eigenvalue weighted by Gasteiger charge is 2.14. The summed E-state index contributed by atoms with van der Waals surface area (Å²) in [4.78, 5) is 16.7. The molecule has 25 heavy (non-hydrogen) atoms. The minimum atomic E-state index is -1.03. The predicted octanol–water partition coefficient (Wildman–Crippen LogP) is 3.87. The molecule has 0 aliphatic carbocycles. The molecule has 0 atom stereocenters. The number of nitrogens with one attached hydrogen (secondary N) is 1. The lowest BCUT2D eigenvalue weighted by atomic mass is 10.2. The lowest BCUT2D eigenvalue weighted by molar-refractivity contribution is 0.0953. The Labute approximate surface area is 144 Å². The molecule has 6 heteroatoms. The maximum absolute atomic E-state index is 13.2. The largest absolute Gasteiger partial charge is 0.352 e. The summed E-state index contributed by atoms with van der Waals surface area (Å²) in [6.45, 7) is 4.52. The second kappa shape index (κ2) is 7.01. The van der Waals surface area contributed by atoms with Crippen LogP contribution in [0.2, 0.25) is 0 Å². The fourth-order valence-corrected chi connectivity index (χ4v) is 2.87. The first-order chi connectivity index (χ1) is 12.0. The first kappa shape index (κ1) is 17.1. The summed E-state index contributed by atoms with van der Waals surface area (Å²) in [5.41, 5.74) is 2.06. The van der Waals surface area contributed by atoms with Gasteiger partial charge in [0.1, 0.15) is 5.82 Å². The van der Waals surface area contributed by atoms with Gasteiger partial charge in [0.25, 0.3) is 5.91 Å². The van der Waals surface area contributed by atoms with Gasteiger partial charge in [0, 0.05) is 24.6 Å². The van der Waals surface area contributed by atoms with Crippen molar-refractivity contribution in [3.63, 3.8) is 0 Å². The Morgan fingerprint density at radius 3 is 2.64 bits per heavy atom. The van der Waals surface area contributed by atoms with Crippen molar-refractivity contribution in [3.8, 4) is 0 Å². The van der Waals surface area contributed by atoms with E-state index in [4.69, 9.17) is 0 Å². The SMILES string of the molecule is CC(C)n1c(CCNC(=O)c2ccc(F)c(F)c2)nc2ccccc21. The lowest BCUT2D eigenvalue weighted by Crippen LogP contribution is -2.26. The van der Waals surface area contributed by atoms with Crippen LogP contribution in [0.4, 0.5) is 8.78 Å². The van der Waals surface area contributed by atoms with E-state index in [1.807, 2.05) is 24.3 Å². The number of para-hydroxylation sites is 2. The molecule has 1 amide bonds. The molecule has 0 radical (unpaired) electrons. The average molecular weight is 343 g/mol. The van der Waals surface area contributed by atoms with Gasteiger partial charge in [-0.1, -0.05) is 12.1 Å². The standard InChI is InChI=1S/C19H19F2N3O/c1-12(2)24-17-6-4-3-5-16(17)23-18(24)9-10-22-19(25)13-7-8-14(20)15(21)11-13/h3-8,11-12H,9-10H2,1-2H3,(H,22,25). The van der Waals surface area contributed by atoms with Gasteiger partial charge in [-0.25, -0.2) is 13.8 Å². The summed E-state index contributed by atoms with van der Waals surface area (Å²) in [7, 11) is 0. The van der Waals surface area contributed by atoms with Crippen LogP contribution in [-0.4, -0.2) is 22.0 Å². The van der Waals surface area contributed by atoms with Crippen LogP contribution in [-0.2, 0) is 6.42 Å². The number of hydrogen-bond donors (Lipinski definition) is 1. The van der Waals surface area contributed by atoms with Gasteiger partial charge in [0.15, 0.2) is 11.6 Å². The van der Waals surface area contributed by atoms with E-state index in [1.165, 1.54) is 6.07 Å². The van der Waals surface area contributed by atoms with Crippen molar-refractivity contribution in [2.45, 2.75) is 26.3 Å². The highest BCUT2D eigenvalue weighted by molar-refractivity contribution is 5.94. The number of fused-ring (bicyclic) bond motifs is 1. The fourth-order valence-electron chi connectivity index (χ4n) is 2.87. The third kappa shape index (κ3) is 3.52. The number of halogens is 2. The first-order valence-corrected chi connectivity index (χ1v) is 8.16. The number of benzene rings is 2. The van der Waals surface area contributed by atoms with E-state index in [9.17, 15) is 13.6 Å². The number of aromatic nitrogens is 2. The fraction of sp³-hybridized carbons (Fsp3) is 0.263. The second-order valence-electron chi connectivity index (χ2n) is 6.12. The van der Waals surface area contributed by atoms with Crippen LogP contribution >= 0.6 is 0 Å². The highest BCUT2D eigenvalue weighted by Crippen LogP contribution is 2.21. The Hall–Kier alpha value is -2.76. The highest BCUT2D eigenvalue weighted by atomic mass is 19.2. The van der Waals surface area contributed by atoms with Gasteiger partial charge in [0.05, 0.1) is 11.0 Å². The van der Waals surface area contributed by atoms with Gasteiger partial charge >= 0.3 is 0 Å². The van der Waals surface area contributed by atoms with Crippen molar-refractivity contribution >= 4 is 16.9 Å². The Morgan fingerprint density at radius 2 is 1.92 bits per heavy atom. The van der Waals surface area contributed by atoms with Gasteiger partial charge in [-0.15, -0.1) is 0 Å². The van der Waals surface area contributed by atoms with Crippen LogP contribution in [0.5, 0.6) is 0 Å². The summed E-state index contributed by atoms with van der Waals surface area (Å²) in [5.74, 6) is -1.57. The Morgan fingerprint density at radius 1 is 1.16 bits per heavy atom. The molecular weight excluding hydrogens is 324 g/mol. The molecule has 0 aliphatic rings. The molecule has 130 valence electrons. The van der Waals surface area contributed by atoms with Crippen LogP contribution in [0.1, 0.15) is 36.1 Å². The van der Waals surface area contributed by atoms with Crippen molar-refractivity contribution < 1.29 is 13.6 Å². The zero-order valence-electron chi connectivity index (χ0n) is 14.1. The number of rotatable bonds is 5. The monoisotopic (exact) mass is 343 g/mol. The van der Waals surface area contributed by atoms with E-state index in [1.54, 1.807) is 0 Å². The topological polar surface area (TPSA) is 46.9 Å². The molecule has 4 nitrogen and oxygen atoms in total.